The first-order valence-electron chi connectivity index (χ1n) is 10.6. The maximum absolute atomic E-state index is 12.7. The maximum Gasteiger partial charge on any atom is 0.255 e. The zero-order valence-corrected chi connectivity index (χ0v) is 18.5. The van der Waals surface area contributed by atoms with Crippen LogP contribution in [0.1, 0.15) is 68.6 Å². The fourth-order valence-corrected chi connectivity index (χ4v) is 4.40. The molecule has 1 heterocycles. The highest BCUT2D eigenvalue weighted by Crippen LogP contribution is 2.23. The van der Waals surface area contributed by atoms with Crippen LogP contribution in [0.3, 0.4) is 0 Å². The van der Waals surface area contributed by atoms with E-state index in [0.29, 0.717) is 18.3 Å². The minimum absolute atomic E-state index is 0.103. The summed E-state index contributed by atoms with van der Waals surface area (Å²) < 4.78 is 28.4. The minimum Gasteiger partial charge on any atom is -0.496 e. The molecule has 1 saturated heterocycles. The van der Waals surface area contributed by atoms with Crippen molar-refractivity contribution in [1.82, 2.24) is 10.2 Å². The molecule has 1 aromatic carbocycles. The van der Waals surface area contributed by atoms with Crippen molar-refractivity contribution >= 4 is 15.9 Å². The summed E-state index contributed by atoms with van der Waals surface area (Å²) in [6.07, 6.45) is 9.84. The molecule has 1 aromatic rings. The molecule has 1 amide bonds. The van der Waals surface area contributed by atoms with E-state index in [1.807, 2.05) is 0 Å². The standard InChI is InChI=1S/C21H35N3O4S/c1-3-4-5-6-7-8-13-24-14-9-10-17(24)16-23-21(25)19-15-18(29(22,26)27)11-12-20(19)28-2/h11-12,15,17H,3-10,13-14,16H2,1-2H3,(H,23,25)(H2,22,26,27)/t17-/m0/s1. The lowest BCUT2D eigenvalue weighted by Gasteiger charge is -2.25. The van der Waals surface area contributed by atoms with Gasteiger partial charge in [0.2, 0.25) is 10.0 Å². The number of carbonyl (C=O) groups excluding carboxylic acids is 1. The van der Waals surface area contributed by atoms with Crippen LogP contribution in [0.2, 0.25) is 0 Å². The Hall–Kier alpha value is -1.64. The van der Waals surface area contributed by atoms with E-state index in [1.165, 1.54) is 63.8 Å². The molecule has 7 nitrogen and oxygen atoms in total. The highest BCUT2D eigenvalue weighted by Gasteiger charge is 2.25. The highest BCUT2D eigenvalue weighted by molar-refractivity contribution is 7.89. The molecule has 0 saturated carbocycles. The van der Waals surface area contributed by atoms with Crippen LogP contribution >= 0.6 is 0 Å². The van der Waals surface area contributed by atoms with Crippen molar-refractivity contribution in [2.24, 2.45) is 5.14 Å². The highest BCUT2D eigenvalue weighted by atomic mass is 32.2. The van der Waals surface area contributed by atoms with E-state index in [4.69, 9.17) is 9.88 Å². The van der Waals surface area contributed by atoms with Gasteiger partial charge in [-0.2, -0.15) is 0 Å². The Balaban J connectivity index is 1.89. The lowest BCUT2D eigenvalue weighted by atomic mass is 10.1. The minimum atomic E-state index is -3.89. The van der Waals surface area contributed by atoms with E-state index < -0.39 is 10.0 Å². The fraction of sp³-hybridized carbons (Fsp3) is 0.667. The summed E-state index contributed by atoms with van der Waals surface area (Å²) in [6.45, 7) is 4.90. The Kier molecular flexibility index (Phi) is 9.39. The van der Waals surface area contributed by atoms with Crippen LogP contribution in [0.5, 0.6) is 5.75 Å². The lowest BCUT2D eigenvalue weighted by Crippen LogP contribution is -2.40. The van der Waals surface area contributed by atoms with Crippen molar-refractivity contribution in [3.8, 4) is 5.75 Å². The number of methoxy groups -OCH3 is 1. The second-order valence-corrected chi connectivity index (χ2v) is 9.28. The first-order chi connectivity index (χ1) is 13.9. The van der Waals surface area contributed by atoms with Crippen LogP contribution < -0.4 is 15.2 Å². The van der Waals surface area contributed by atoms with Crippen molar-refractivity contribution in [3.05, 3.63) is 23.8 Å². The zero-order valence-electron chi connectivity index (χ0n) is 17.7. The lowest BCUT2D eigenvalue weighted by molar-refractivity contribution is 0.0937. The van der Waals surface area contributed by atoms with Gasteiger partial charge in [0.1, 0.15) is 5.75 Å². The quantitative estimate of drug-likeness (QED) is 0.501. The van der Waals surface area contributed by atoms with Crippen LogP contribution in [-0.4, -0.2) is 52.0 Å². The molecule has 8 heteroatoms. The number of nitrogens with zero attached hydrogens (tertiary/aromatic N) is 1. The van der Waals surface area contributed by atoms with Crippen molar-refractivity contribution in [2.45, 2.75) is 69.2 Å². The normalized spacial score (nSPS) is 17.4. The first kappa shape index (κ1) is 23.6. The van der Waals surface area contributed by atoms with Gasteiger partial charge in [0.15, 0.2) is 0 Å². The molecule has 0 unspecified atom stereocenters. The Morgan fingerprint density at radius 3 is 2.66 bits per heavy atom. The number of nitrogens with one attached hydrogen (secondary N) is 1. The van der Waals surface area contributed by atoms with E-state index in [0.717, 1.165) is 25.9 Å². The van der Waals surface area contributed by atoms with Crippen molar-refractivity contribution in [2.75, 3.05) is 26.7 Å². The second kappa shape index (κ2) is 11.5. The monoisotopic (exact) mass is 425 g/mol. The zero-order chi connectivity index (χ0) is 21.3. The molecule has 0 bridgehead atoms. The van der Waals surface area contributed by atoms with Gasteiger partial charge in [-0.15, -0.1) is 0 Å². The van der Waals surface area contributed by atoms with Crippen molar-refractivity contribution in [1.29, 1.82) is 0 Å². The summed E-state index contributed by atoms with van der Waals surface area (Å²) >= 11 is 0. The average Bonchev–Trinajstić information content (AvgIpc) is 3.14. The Labute approximate surface area is 175 Å². The average molecular weight is 426 g/mol. The van der Waals surface area contributed by atoms with E-state index >= 15 is 0 Å². The SMILES string of the molecule is CCCCCCCCN1CCC[C@H]1CNC(=O)c1cc(S(N)(=O)=O)ccc1OC. The number of hydrogen-bond donors (Lipinski definition) is 2. The van der Waals surface area contributed by atoms with Crippen LogP contribution in [-0.2, 0) is 10.0 Å². The van der Waals surface area contributed by atoms with Crippen molar-refractivity contribution in [3.63, 3.8) is 0 Å². The van der Waals surface area contributed by atoms with E-state index in [2.05, 4.69) is 17.1 Å². The number of primary sulfonamides is 1. The molecular weight excluding hydrogens is 390 g/mol. The van der Waals surface area contributed by atoms with Gasteiger partial charge in [0, 0.05) is 12.6 Å². The molecule has 1 atom stereocenters. The Morgan fingerprint density at radius 1 is 1.24 bits per heavy atom. The van der Waals surface area contributed by atoms with Gasteiger partial charge in [-0.25, -0.2) is 13.6 Å². The van der Waals surface area contributed by atoms with E-state index in [1.54, 1.807) is 0 Å². The third-order valence-electron chi connectivity index (χ3n) is 5.54. The molecule has 3 N–H and O–H groups in total. The summed E-state index contributed by atoms with van der Waals surface area (Å²) in [5.41, 5.74) is 0.180. The summed E-state index contributed by atoms with van der Waals surface area (Å²) in [5.74, 6) is -0.0241. The summed E-state index contributed by atoms with van der Waals surface area (Å²) in [4.78, 5) is 15.0. The summed E-state index contributed by atoms with van der Waals surface area (Å²) in [5, 5.41) is 8.13. The Morgan fingerprint density at radius 2 is 1.97 bits per heavy atom. The molecule has 164 valence electrons. The van der Waals surface area contributed by atoms with Gasteiger partial charge in [0.25, 0.3) is 5.91 Å². The summed E-state index contributed by atoms with van der Waals surface area (Å²) in [7, 11) is -2.44. The molecule has 1 fully saturated rings. The van der Waals surface area contributed by atoms with Crippen molar-refractivity contribution < 1.29 is 17.9 Å². The molecule has 1 aliphatic rings. The first-order valence-corrected chi connectivity index (χ1v) is 12.1. The number of hydrogen-bond acceptors (Lipinski definition) is 5. The molecule has 2 rings (SSSR count). The van der Waals surface area contributed by atoms with Gasteiger partial charge >= 0.3 is 0 Å². The number of unbranched alkanes of at least 4 members (excludes halogenated alkanes) is 5. The largest absolute Gasteiger partial charge is 0.496 e. The smallest absolute Gasteiger partial charge is 0.255 e. The maximum atomic E-state index is 12.7. The van der Waals surface area contributed by atoms with E-state index in [9.17, 15) is 13.2 Å². The Bertz CT molecular complexity index is 767. The van der Waals surface area contributed by atoms with Crippen LogP contribution in [0, 0.1) is 0 Å². The van der Waals surface area contributed by atoms with Crippen LogP contribution in [0.4, 0.5) is 0 Å². The molecule has 0 aromatic heterocycles. The number of ether oxygens (including phenoxy) is 1. The second-order valence-electron chi connectivity index (χ2n) is 7.72. The molecule has 0 aliphatic carbocycles. The predicted octanol–water partition coefficient (Wildman–Crippen LogP) is 2.90. The molecule has 0 radical (unpaired) electrons. The van der Waals surface area contributed by atoms with Gasteiger partial charge in [-0.1, -0.05) is 39.0 Å². The number of nitrogens with two attached hydrogens (primary N) is 1. The van der Waals surface area contributed by atoms with Gasteiger partial charge in [-0.05, 0) is 50.6 Å². The number of sulfonamides is 1. The van der Waals surface area contributed by atoms with Crippen LogP contribution in [0.25, 0.3) is 0 Å². The van der Waals surface area contributed by atoms with Gasteiger partial charge < -0.3 is 10.1 Å². The third-order valence-corrected chi connectivity index (χ3v) is 6.45. The number of likely N-dealkylation sites (tertiary alicyclic amines) is 1. The number of carbonyl (C=O) groups is 1. The molecule has 1 aliphatic heterocycles. The number of benzene rings is 1. The summed E-state index contributed by atoms with van der Waals surface area (Å²) in [6, 6.07) is 4.38. The predicted molar refractivity (Wildman–Crippen MR) is 115 cm³/mol. The molecule has 29 heavy (non-hydrogen) atoms. The third kappa shape index (κ3) is 7.28. The fourth-order valence-electron chi connectivity index (χ4n) is 3.86. The molecule has 0 spiro atoms. The number of amides is 1. The van der Waals surface area contributed by atoms with Crippen LogP contribution in [0.15, 0.2) is 23.1 Å². The van der Waals surface area contributed by atoms with E-state index in [-0.39, 0.29) is 16.4 Å². The molecular formula is C21H35N3O4S. The number of rotatable bonds is 12. The van der Waals surface area contributed by atoms with Gasteiger partial charge in [0.05, 0.1) is 17.6 Å². The topological polar surface area (TPSA) is 102 Å². The van der Waals surface area contributed by atoms with Gasteiger partial charge in [-0.3, -0.25) is 9.69 Å².